The predicted octanol–water partition coefficient (Wildman–Crippen LogP) is 4.23. The molecule has 29 heavy (non-hydrogen) atoms. The van der Waals surface area contributed by atoms with Crippen LogP contribution in [0, 0.1) is 5.82 Å². The van der Waals surface area contributed by atoms with Gasteiger partial charge in [0.05, 0.1) is 18.8 Å². The van der Waals surface area contributed by atoms with Gasteiger partial charge in [0.25, 0.3) is 0 Å². The average molecular weight is 510 g/mol. The van der Waals surface area contributed by atoms with Gasteiger partial charge in [0.1, 0.15) is 23.9 Å². The van der Waals surface area contributed by atoms with Gasteiger partial charge in [-0.05, 0) is 31.2 Å². The van der Waals surface area contributed by atoms with Crippen LogP contribution in [0.3, 0.4) is 0 Å². The lowest BCUT2D eigenvalue weighted by atomic mass is 10.2. The second kappa shape index (κ2) is 11.4. The molecule has 0 bridgehead atoms. The summed E-state index contributed by atoms with van der Waals surface area (Å²) in [7, 11) is 1.69. The highest BCUT2D eigenvalue weighted by molar-refractivity contribution is 14.0. The van der Waals surface area contributed by atoms with Gasteiger partial charge in [-0.1, -0.05) is 24.3 Å². The van der Waals surface area contributed by atoms with Crippen LogP contribution >= 0.6 is 24.0 Å². The van der Waals surface area contributed by atoms with Crippen molar-refractivity contribution in [3.05, 3.63) is 72.4 Å². The van der Waals surface area contributed by atoms with E-state index in [9.17, 15) is 4.39 Å². The molecule has 1 atom stereocenters. The quantitative estimate of drug-likeness (QED) is 0.283. The van der Waals surface area contributed by atoms with E-state index in [1.165, 1.54) is 12.1 Å². The summed E-state index contributed by atoms with van der Waals surface area (Å²) < 4.78 is 24.4. The maximum Gasteiger partial charge on any atom is 0.226 e. The number of rotatable bonds is 7. The summed E-state index contributed by atoms with van der Waals surface area (Å²) in [6.07, 6.45) is 1.45. The standard InChI is InChI=1S/C21H23FN4O2.HI/c1-15(28-19-10-6-9-17(22)11-19)12-24-21(23-2)25-13-18-14-27-20(26-18)16-7-4-3-5-8-16;/h3-11,14-15H,12-13H2,1-2H3,(H2,23,24,25);1H. The molecule has 8 heteroatoms. The minimum atomic E-state index is -0.322. The smallest absolute Gasteiger partial charge is 0.226 e. The zero-order valence-corrected chi connectivity index (χ0v) is 18.6. The minimum absolute atomic E-state index is 0. The molecule has 0 fully saturated rings. The van der Waals surface area contributed by atoms with Gasteiger partial charge in [-0.2, -0.15) is 0 Å². The van der Waals surface area contributed by atoms with Crippen molar-refractivity contribution in [2.75, 3.05) is 13.6 Å². The number of halogens is 2. The lowest BCUT2D eigenvalue weighted by molar-refractivity contribution is 0.223. The Bertz CT molecular complexity index is 918. The van der Waals surface area contributed by atoms with Gasteiger partial charge in [-0.3, -0.25) is 4.99 Å². The summed E-state index contributed by atoms with van der Waals surface area (Å²) in [6, 6.07) is 15.8. The SMILES string of the molecule is CN=C(NCc1coc(-c2ccccc2)n1)NCC(C)Oc1cccc(F)c1.I. The average Bonchev–Trinajstić information content (AvgIpc) is 3.18. The van der Waals surface area contributed by atoms with Crippen LogP contribution < -0.4 is 15.4 Å². The Morgan fingerprint density at radius 2 is 1.97 bits per heavy atom. The summed E-state index contributed by atoms with van der Waals surface area (Å²) in [5, 5.41) is 6.35. The number of benzene rings is 2. The Kier molecular flexibility index (Phi) is 8.91. The molecule has 0 aliphatic carbocycles. The highest BCUT2D eigenvalue weighted by Gasteiger charge is 2.09. The zero-order chi connectivity index (χ0) is 19.8. The minimum Gasteiger partial charge on any atom is -0.489 e. The molecule has 6 nitrogen and oxygen atoms in total. The molecule has 3 aromatic rings. The summed E-state index contributed by atoms with van der Waals surface area (Å²) in [5.74, 6) is 1.36. The first-order valence-corrected chi connectivity index (χ1v) is 9.00. The van der Waals surface area contributed by atoms with Crippen LogP contribution in [-0.4, -0.2) is 30.6 Å². The van der Waals surface area contributed by atoms with Gasteiger partial charge in [-0.25, -0.2) is 9.37 Å². The zero-order valence-electron chi connectivity index (χ0n) is 16.3. The molecule has 3 rings (SSSR count). The van der Waals surface area contributed by atoms with E-state index in [1.807, 2.05) is 37.3 Å². The van der Waals surface area contributed by atoms with Crippen LogP contribution in [0.1, 0.15) is 12.6 Å². The first-order chi connectivity index (χ1) is 13.6. The molecule has 0 aliphatic heterocycles. The van der Waals surface area contributed by atoms with Crippen LogP contribution in [0.15, 0.2) is 70.3 Å². The van der Waals surface area contributed by atoms with Gasteiger partial charge in [-0.15, -0.1) is 24.0 Å². The van der Waals surface area contributed by atoms with E-state index >= 15 is 0 Å². The van der Waals surface area contributed by atoms with Crippen molar-refractivity contribution in [2.24, 2.45) is 4.99 Å². The third kappa shape index (κ3) is 7.04. The molecule has 1 unspecified atom stereocenters. The van der Waals surface area contributed by atoms with Crippen molar-refractivity contribution in [3.63, 3.8) is 0 Å². The Hall–Kier alpha value is -2.62. The molecule has 0 amide bonds. The second-order valence-corrected chi connectivity index (χ2v) is 6.20. The normalized spacial score (nSPS) is 12.0. The highest BCUT2D eigenvalue weighted by Crippen LogP contribution is 2.17. The number of ether oxygens (including phenoxy) is 1. The Labute approximate surface area is 186 Å². The van der Waals surface area contributed by atoms with Crippen molar-refractivity contribution in [1.82, 2.24) is 15.6 Å². The number of nitrogens with one attached hydrogen (secondary N) is 2. The summed E-state index contributed by atoms with van der Waals surface area (Å²) in [5.41, 5.74) is 1.70. The summed E-state index contributed by atoms with van der Waals surface area (Å²) in [6.45, 7) is 2.87. The fourth-order valence-electron chi connectivity index (χ4n) is 2.55. The van der Waals surface area contributed by atoms with E-state index < -0.39 is 0 Å². The second-order valence-electron chi connectivity index (χ2n) is 6.20. The fraction of sp³-hybridized carbons (Fsp3) is 0.238. The first kappa shape index (κ1) is 22.7. The van der Waals surface area contributed by atoms with E-state index in [0.717, 1.165) is 11.3 Å². The van der Waals surface area contributed by atoms with Crippen molar-refractivity contribution >= 4 is 29.9 Å². The van der Waals surface area contributed by atoms with E-state index in [-0.39, 0.29) is 35.9 Å². The third-order valence-corrected chi connectivity index (χ3v) is 3.92. The molecular weight excluding hydrogens is 486 g/mol. The molecule has 0 aliphatic rings. The van der Waals surface area contributed by atoms with Crippen molar-refractivity contribution in [1.29, 1.82) is 0 Å². The van der Waals surface area contributed by atoms with E-state index in [1.54, 1.807) is 25.4 Å². The summed E-state index contributed by atoms with van der Waals surface area (Å²) in [4.78, 5) is 8.66. The van der Waals surface area contributed by atoms with E-state index in [4.69, 9.17) is 9.15 Å². The van der Waals surface area contributed by atoms with Gasteiger partial charge in [0.2, 0.25) is 5.89 Å². The topological polar surface area (TPSA) is 71.7 Å². The van der Waals surface area contributed by atoms with Gasteiger partial charge in [0, 0.05) is 18.7 Å². The van der Waals surface area contributed by atoms with E-state index in [2.05, 4.69) is 20.6 Å². The molecule has 0 spiro atoms. The van der Waals surface area contributed by atoms with Crippen molar-refractivity contribution in [2.45, 2.75) is 19.6 Å². The third-order valence-electron chi connectivity index (χ3n) is 3.92. The van der Waals surface area contributed by atoms with Gasteiger partial charge >= 0.3 is 0 Å². The molecule has 2 aromatic carbocycles. The van der Waals surface area contributed by atoms with Crippen LogP contribution in [0.4, 0.5) is 4.39 Å². The number of hydrogen-bond donors (Lipinski definition) is 2. The first-order valence-electron chi connectivity index (χ1n) is 9.00. The van der Waals surface area contributed by atoms with Crippen LogP contribution in [0.25, 0.3) is 11.5 Å². The number of guanidine groups is 1. The molecule has 0 saturated carbocycles. The molecule has 1 aromatic heterocycles. The number of nitrogens with zero attached hydrogens (tertiary/aromatic N) is 2. The Morgan fingerprint density at radius 1 is 1.17 bits per heavy atom. The van der Waals surface area contributed by atoms with E-state index in [0.29, 0.717) is 30.7 Å². The predicted molar refractivity (Wildman–Crippen MR) is 122 cm³/mol. The van der Waals surface area contributed by atoms with Crippen molar-refractivity contribution in [3.8, 4) is 17.2 Å². The van der Waals surface area contributed by atoms with Gasteiger partial charge in [0.15, 0.2) is 5.96 Å². The largest absolute Gasteiger partial charge is 0.489 e. The number of aromatic nitrogens is 1. The monoisotopic (exact) mass is 510 g/mol. The molecule has 2 N–H and O–H groups in total. The van der Waals surface area contributed by atoms with Crippen LogP contribution in [-0.2, 0) is 6.54 Å². The highest BCUT2D eigenvalue weighted by atomic mass is 127. The molecule has 154 valence electrons. The molecule has 0 radical (unpaired) electrons. The molecule has 0 saturated heterocycles. The lowest BCUT2D eigenvalue weighted by Crippen LogP contribution is -2.41. The van der Waals surface area contributed by atoms with Crippen LogP contribution in [0.5, 0.6) is 5.75 Å². The van der Waals surface area contributed by atoms with Gasteiger partial charge < -0.3 is 19.8 Å². The summed E-state index contributed by atoms with van der Waals surface area (Å²) >= 11 is 0. The number of hydrogen-bond acceptors (Lipinski definition) is 4. The van der Waals surface area contributed by atoms with Crippen LogP contribution in [0.2, 0.25) is 0 Å². The maximum absolute atomic E-state index is 13.2. The fourth-order valence-corrected chi connectivity index (χ4v) is 2.55. The Balaban J connectivity index is 0.00000300. The number of aliphatic imine (C=N–C) groups is 1. The Morgan fingerprint density at radius 3 is 2.69 bits per heavy atom. The lowest BCUT2D eigenvalue weighted by Gasteiger charge is -2.17. The molecular formula is C21H24FIN4O2. The maximum atomic E-state index is 13.2. The number of oxazole rings is 1. The van der Waals surface area contributed by atoms with Crippen molar-refractivity contribution < 1.29 is 13.5 Å². The molecule has 1 heterocycles.